The second-order valence-electron chi connectivity index (χ2n) is 5.58. The van der Waals surface area contributed by atoms with Gasteiger partial charge in [-0.05, 0) is 25.0 Å². The van der Waals surface area contributed by atoms with Crippen molar-refractivity contribution in [2.75, 3.05) is 18.0 Å². The molecule has 3 aromatic rings. The molecule has 0 atom stereocenters. The number of aromatic nitrogens is 4. The van der Waals surface area contributed by atoms with Crippen molar-refractivity contribution in [3.05, 3.63) is 36.5 Å². The van der Waals surface area contributed by atoms with E-state index in [-0.39, 0.29) is 5.82 Å². The summed E-state index contributed by atoms with van der Waals surface area (Å²) >= 11 is 0. The van der Waals surface area contributed by atoms with E-state index in [0.717, 1.165) is 42.5 Å². The molecule has 0 unspecified atom stereocenters. The average molecular weight is 297 g/mol. The van der Waals surface area contributed by atoms with E-state index in [1.165, 1.54) is 6.20 Å². The minimum Gasteiger partial charge on any atom is -0.354 e. The monoisotopic (exact) mass is 297 g/mol. The average Bonchev–Trinajstić information content (AvgIpc) is 3.18. The van der Waals surface area contributed by atoms with Crippen LogP contribution in [0.2, 0.25) is 0 Å². The molecule has 4 heterocycles. The van der Waals surface area contributed by atoms with Crippen LogP contribution in [0.15, 0.2) is 30.7 Å². The lowest BCUT2D eigenvalue weighted by Crippen LogP contribution is -2.21. The first-order chi connectivity index (χ1) is 10.7. The van der Waals surface area contributed by atoms with Crippen molar-refractivity contribution >= 4 is 16.9 Å². The molecule has 22 heavy (non-hydrogen) atoms. The topological polar surface area (TPSA) is 46.8 Å². The highest BCUT2D eigenvalue weighted by Gasteiger charge is 2.20. The number of hydrogen-bond acceptors (Lipinski definition) is 4. The molecule has 6 heteroatoms. The largest absolute Gasteiger partial charge is 0.354 e. The third-order valence-corrected chi connectivity index (χ3v) is 4.14. The molecule has 1 aliphatic heterocycles. The van der Waals surface area contributed by atoms with E-state index in [9.17, 15) is 4.39 Å². The predicted octanol–water partition coefficient (Wildman–Crippen LogP) is 2.77. The van der Waals surface area contributed by atoms with Gasteiger partial charge in [-0.1, -0.05) is 0 Å². The maximum absolute atomic E-state index is 14.1. The van der Waals surface area contributed by atoms with Crippen LogP contribution in [-0.4, -0.2) is 32.6 Å². The van der Waals surface area contributed by atoms with E-state index in [4.69, 9.17) is 0 Å². The second-order valence-corrected chi connectivity index (χ2v) is 5.58. The quantitative estimate of drug-likeness (QED) is 0.729. The van der Waals surface area contributed by atoms with Crippen LogP contribution < -0.4 is 4.90 Å². The van der Waals surface area contributed by atoms with Crippen molar-refractivity contribution in [2.24, 2.45) is 7.05 Å². The lowest BCUT2D eigenvalue weighted by Gasteiger charge is -2.17. The van der Waals surface area contributed by atoms with Gasteiger partial charge in [0.1, 0.15) is 5.65 Å². The number of rotatable bonds is 2. The Morgan fingerprint density at radius 1 is 1.14 bits per heavy atom. The number of fused-ring (bicyclic) bond motifs is 1. The van der Waals surface area contributed by atoms with Gasteiger partial charge in [-0.25, -0.2) is 19.3 Å². The fourth-order valence-corrected chi connectivity index (χ4v) is 3.00. The molecule has 112 valence electrons. The molecule has 0 N–H and O–H groups in total. The SMILES string of the molecule is Cn1ccc2c(-c3ncc(F)c(N4CCCC4)n3)ccnc21. The van der Waals surface area contributed by atoms with E-state index in [1.807, 2.05) is 34.8 Å². The molecule has 0 bridgehead atoms. The molecule has 0 saturated carbocycles. The van der Waals surface area contributed by atoms with Gasteiger partial charge in [0, 0.05) is 43.5 Å². The smallest absolute Gasteiger partial charge is 0.183 e. The predicted molar refractivity (Wildman–Crippen MR) is 83.1 cm³/mol. The number of aryl methyl sites for hydroxylation is 1. The van der Waals surface area contributed by atoms with E-state index < -0.39 is 0 Å². The van der Waals surface area contributed by atoms with Crippen LogP contribution >= 0.6 is 0 Å². The Hall–Kier alpha value is -2.50. The summed E-state index contributed by atoms with van der Waals surface area (Å²) in [6, 6.07) is 3.86. The number of halogens is 1. The highest BCUT2D eigenvalue weighted by atomic mass is 19.1. The summed E-state index contributed by atoms with van der Waals surface area (Å²) in [5.41, 5.74) is 1.75. The molecule has 0 aromatic carbocycles. The second kappa shape index (κ2) is 5.05. The van der Waals surface area contributed by atoms with Gasteiger partial charge in [-0.15, -0.1) is 0 Å². The third-order valence-electron chi connectivity index (χ3n) is 4.14. The van der Waals surface area contributed by atoms with Crippen molar-refractivity contribution in [1.82, 2.24) is 19.5 Å². The summed E-state index contributed by atoms with van der Waals surface area (Å²) in [5.74, 6) is 0.592. The van der Waals surface area contributed by atoms with Crippen LogP contribution in [0.5, 0.6) is 0 Å². The fourth-order valence-electron chi connectivity index (χ4n) is 3.00. The number of hydrogen-bond donors (Lipinski definition) is 0. The van der Waals surface area contributed by atoms with Crippen LogP contribution in [0.3, 0.4) is 0 Å². The first kappa shape index (κ1) is 13.2. The van der Waals surface area contributed by atoms with Crippen LogP contribution in [0.1, 0.15) is 12.8 Å². The maximum atomic E-state index is 14.1. The zero-order valence-corrected chi connectivity index (χ0v) is 12.3. The number of pyridine rings is 1. The zero-order chi connectivity index (χ0) is 15.1. The Morgan fingerprint density at radius 2 is 1.95 bits per heavy atom. The van der Waals surface area contributed by atoms with E-state index in [2.05, 4.69) is 15.0 Å². The van der Waals surface area contributed by atoms with Gasteiger partial charge in [-0.3, -0.25) is 0 Å². The van der Waals surface area contributed by atoms with Crippen molar-refractivity contribution in [2.45, 2.75) is 12.8 Å². The standard InChI is InChI=1S/C16H16FN5/c1-21-9-5-12-11(4-6-18-15(12)21)14-19-10-13(17)16(20-14)22-7-2-3-8-22/h4-6,9-10H,2-3,7-8H2,1H3. The van der Waals surface area contributed by atoms with Crippen LogP contribution in [-0.2, 0) is 7.05 Å². The number of anilines is 1. The van der Waals surface area contributed by atoms with E-state index in [0.29, 0.717) is 11.6 Å². The molecule has 0 aliphatic carbocycles. The zero-order valence-electron chi connectivity index (χ0n) is 12.3. The molecule has 0 spiro atoms. The molecule has 5 nitrogen and oxygen atoms in total. The van der Waals surface area contributed by atoms with Gasteiger partial charge in [0.15, 0.2) is 17.5 Å². The summed E-state index contributed by atoms with van der Waals surface area (Å²) in [6.07, 6.45) is 7.12. The Bertz CT molecular complexity index is 836. The normalized spacial score (nSPS) is 14.9. The number of nitrogens with zero attached hydrogens (tertiary/aromatic N) is 5. The first-order valence-electron chi connectivity index (χ1n) is 7.42. The van der Waals surface area contributed by atoms with E-state index >= 15 is 0 Å². The summed E-state index contributed by atoms with van der Waals surface area (Å²) in [5, 5.41) is 0.976. The Balaban J connectivity index is 1.86. The molecule has 1 aliphatic rings. The summed E-state index contributed by atoms with van der Waals surface area (Å²) in [4.78, 5) is 15.0. The van der Waals surface area contributed by atoms with Crippen LogP contribution in [0.25, 0.3) is 22.4 Å². The first-order valence-corrected chi connectivity index (χ1v) is 7.42. The summed E-state index contributed by atoms with van der Waals surface area (Å²) in [6.45, 7) is 1.70. The molecular weight excluding hydrogens is 281 g/mol. The highest BCUT2D eigenvalue weighted by Crippen LogP contribution is 2.28. The lowest BCUT2D eigenvalue weighted by atomic mass is 10.2. The van der Waals surface area contributed by atoms with E-state index in [1.54, 1.807) is 6.20 Å². The molecule has 3 aromatic heterocycles. The molecule has 1 saturated heterocycles. The minimum atomic E-state index is -0.357. The molecule has 0 amide bonds. The van der Waals surface area contributed by atoms with Crippen molar-refractivity contribution in [3.63, 3.8) is 0 Å². The third kappa shape index (κ3) is 2.03. The van der Waals surface area contributed by atoms with Crippen molar-refractivity contribution in [1.29, 1.82) is 0 Å². The van der Waals surface area contributed by atoms with Crippen molar-refractivity contribution in [3.8, 4) is 11.4 Å². The van der Waals surface area contributed by atoms with Gasteiger partial charge in [0.25, 0.3) is 0 Å². The van der Waals surface area contributed by atoms with Gasteiger partial charge >= 0.3 is 0 Å². The Morgan fingerprint density at radius 3 is 2.77 bits per heavy atom. The van der Waals surface area contributed by atoms with Gasteiger partial charge in [0.2, 0.25) is 0 Å². The molecule has 1 fully saturated rings. The summed E-state index contributed by atoms with van der Waals surface area (Å²) in [7, 11) is 1.94. The molecule has 0 radical (unpaired) electrons. The van der Waals surface area contributed by atoms with Gasteiger partial charge in [0.05, 0.1) is 6.20 Å². The van der Waals surface area contributed by atoms with Gasteiger partial charge in [-0.2, -0.15) is 0 Å². The maximum Gasteiger partial charge on any atom is 0.183 e. The Labute approximate surface area is 127 Å². The van der Waals surface area contributed by atoms with Crippen LogP contribution in [0.4, 0.5) is 10.2 Å². The molecular formula is C16H16FN5. The Kier molecular flexibility index (Phi) is 3.03. The fraction of sp³-hybridized carbons (Fsp3) is 0.312. The summed E-state index contributed by atoms with van der Waals surface area (Å²) < 4.78 is 16.0. The minimum absolute atomic E-state index is 0.357. The van der Waals surface area contributed by atoms with Crippen molar-refractivity contribution < 1.29 is 4.39 Å². The van der Waals surface area contributed by atoms with Crippen LogP contribution in [0, 0.1) is 5.82 Å². The highest BCUT2D eigenvalue weighted by molar-refractivity contribution is 5.91. The molecule has 4 rings (SSSR count). The lowest BCUT2D eigenvalue weighted by molar-refractivity contribution is 0.609. The van der Waals surface area contributed by atoms with Gasteiger partial charge < -0.3 is 9.47 Å².